The molecule has 0 saturated carbocycles. The standard InChI is InChI=1S/C29H35OP.C12H24O/c1-5-28-23(3)22(2)24(4)29(30-28)21-31(25-15-9-6-10-16-25,26-17-11-7-12-18-26)27-19-13-8-14-20-27;1-6-11-9(4)8(3)10(5)12(7-2)13-11/h6-24,28-29H,5H2,1-4H3;8-12H,6-7H2,1-5H3/t22?,23-,24?,28?,29-;8?,9-,10?,11?,12-/m11/s1. The molecule has 44 heavy (non-hydrogen) atoms. The van der Waals surface area contributed by atoms with Crippen molar-refractivity contribution in [3.8, 4) is 0 Å². The Bertz CT molecular complexity index is 1180. The van der Waals surface area contributed by atoms with Gasteiger partial charge in [-0.3, -0.25) is 0 Å². The molecule has 3 heteroatoms. The molecule has 0 spiro atoms. The third kappa shape index (κ3) is 7.30. The second kappa shape index (κ2) is 15.9. The van der Waals surface area contributed by atoms with Crippen LogP contribution >= 0.6 is 6.89 Å². The molecule has 2 heterocycles. The fraction of sp³-hybridized carbons (Fsp3) is 0.537. The van der Waals surface area contributed by atoms with E-state index in [0.717, 1.165) is 37.0 Å². The van der Waals surface area contributed by atoms with E-state index in [1.807, 2.05) is 0 Å². The molecule has 2 aliphatic rings. The van der Waals surface area contributed by atoms with Crippen LogP contribution in [-0.2, 0) is 9.47 Å². The third-order valence-corrected chi connectivity index (χ3v) is 15.4. The monoisotopic (exact) mass is 614 g/mol. The Morgan fingerprint density at radius 1 is 0.455 bits per heavy atom. The molecule has 0 amide bonds. The lowest BCUT2D eigenvalue weighted by molar-refractivity contribution is -0.134. The van der Waals surface area contributed by atoms with Gasteiger partial charge in [0, 0.05) is 0 Å². The van der Waals surface area contributed by atoms with E-state index in [4.69, 9.17) is 9.47 Å². The highest BCUT2D eigenvalue weighted by Gasteiger charge is 2.39. The van der Waals surface area contributed by atoms with Gasteiger partial charge in [0.25, 0.3) is 0 Å². The van der Waals surface area contributed by atoms with Crippen molar-refractivity contribution < 1.29 is 9.47 Å². The molecular formula is C41H59O2P. The predicted octanol–water partition coefficient (Wildman–Crippen LogP) is 9.35. The average molecular weight is 615 g/mol. The largest absolute Gasteiger partial charge is 0.374 e. The minimum Gasteiger partial charge on any atom is -0.374 e. The summed E-state index contributed by atoms with van der Waals surface area (Å²) in [5, 5.41) is 4.17. The summed E-state index contributed by atoms with van der Waals surface area (Å²) in [6.07, 6.45) is 4.83. The number of hydrogen-bond acceptors (Lipinski definition) is 2. The van der Waals surface area contributed by atoms with Gasteiger partial charge in [0.2, 0.25) is 0 Å². The van der Waals surface area contributed by atoms with Gasteiger partial charge in [-0.15, -0.1) is 0 Å². The van der Waals surface area contributed by atoms with Crippen LogP contribution < -0.4 is 15.9 Å². The molecule has 3 aromatic rings. The molecule has 2 nitrogen and oxygen atoms in total. The van der Waals surface area contributed by atoms with Crippen molar-refractivity contribution in [2.45, 2.75) is 106 Å². The van der Waals surface area contributed by atoms with Gasteiger partial charge in [0.15, 0.2) is 0 Å². The Kier molecular flexibility index (Phi) is 12.6. The lowest BCUT2D eigenvalue weighted by Gasteiger charge is -2.44. The third-order valence-electron chi connectivity index (χ3n) is 11.3. The number of ether oxygens (including phenoxy) is 2. The van der Waals surface area contributed by atoms with E-state index >= 15 is 0 Å². The first kappa shape index (κ1) is 34.7. The van der Waals surface area contributed by atoms with Gasteiger partial charge >= 0.3 is 0 Å². The molecule has 0 N–H and O–H groups in total. The van der Waals surface area contributed by atoms with Crippen LogP contribution in [0.5, 0.6) is 0 Å². The lowest BCUT2D eigenvalue weighted by Crippen LogP contribution is -2.46. The van der Waals surface area contributed by atoms with Crippen molar-refractivity contribution in [3.63, 3.8) is 0 Å². The fourth-order valence-electron chi connectivity index (χ4n) is 7.68. The first-order valence-electron chi connectivity index (χ1n) is 17.4. The minimum atomic E-state index is -1.99. The molecule has 2 saturated heterocycles. The van der Waals surface area contributed by atoms with Crippen LogP contribution in [0, 0.1) is 35.5 Å². The quantitative estimate of drug-likeness (QED) is 0.247. The molecule has 0 radical (unpaired) electrons. The number of hydrogen-bond donors (Lipinski definition) is 0. The van der Waals surface area contributed by atoms with Crippen LogP contribution in [0.15, 0.2) is 91.0 Å². The summed E-state index contributed by atoms with van der Waals surface area (Å²) in [5.41, 5.74) is 0. The Hall–Kier alpha value is -2.12. The smallest absolute Gasteiger partial charge is 0.0800 e. The van der Waals surface area contributed by atoms with Crippen molar-refractivity contribution in [1.82, 2.24) is 0 Å². The topological polar surface area (TPSA) is 18.5 Å². The van der Waals surface area contributed by atoms with Crippen LogP contribution in [0.25, 0.3) is 0 Å². The van der Waals surface area contributed by atoms with Crippen LogP contribution in [0.2, 0.25) is 0 Å². The van der Waals surface area contributed by atoms with Gasteiger partial charge in [-0.25, -0.2) is 0 Å². The number of benzene rings is 3. The first-order valence-corrected chi connectivity index (χ1v) is 19.3. The molecule has 0 aromatic heterocycles. The van der Waals surface area contributed by atoms with Crippen molar-refractivity contribution in [2.24, 2.45) is 35.5 Å². The van der Waals surface area contributed by atoms with Crippen molar-refractivity contribution in [2.75, 3.05) is 0 Å². The second-order valence-corrected chi connectivity index (χ2v) is 16.9. The van der Waals surface area contributed by atoms with E-state index in [0.29, 0.717) is 36.1 Å². The Morgan fingerprint density at radius 2 is 0.773 bits per heavy atom. The van der Waals surface area contributed by atoms with E-state index in [-0.39, 0.29) is 6.10 Å². The zero-order valence-electron chi connectivity index (χ0n) is 28.9. The van der Waals surface area contributed by atoms with Gasteiger partial charge < -0.3 is 9.47 Å². The lowest BCUT2D eigenvalue weighted by atomic mass is 9.75. The van der Waals surface area contributed by atoms with Gasteiger partial charge in [-0.05, 0) is 83.4 Å². The summed E-state index contributed by atoms with van der Waals surface area (Å²) in [6.45, 7) is 18.9. The van der Waals surface area contributed by atoms with Crippen molar-refractivity contribution in [3.05, 3.63) is 91.0 Å². The van der Waals surface area contributed by atoms with E-state index in [9.17, 15) is 0 Å². The molecular weight excluding hydrogens is 555 g/mol. The molecule has 0 aliphatic carbocycles. The SMILES string of the molecule is CCC1O[C@H](C=P(c2ccccc2)(c2ccccc2)c2ccccc2)C(C)C(C)[C@H]1C.CCC1O[C@H](CC)C(C)C(C)[C@H]1C. The van der Waals surface area contributed by atoms with Crippen LogP contribution in [0.3, 0.4) is 0 Å². The van der Waals surface area contributed by atoms with Gasteiger partial charge in [-0.1, -0.05) is 153 Å². The maximum absolute atomic E-state index is 6.82. The predicted molar refractivity (Wildman–Crippen MR) is 194 cm³/mol. The summed E-state index contributed by atoms with van der Waals surface area (Å²) in [7, 11) is 0. The molecule has 3 aromatic carbocycles. The highest BCUT2D eigenvalue weighted by Crippen LogP contribution is 2.46. The average Bonchev–Trinajstić information content (AvgIpc) is 3.08. The Labute approximate surface area is 270 Å². The van der Waals surface area contributed by atoms with Gasteiger partial charge in [0.05, 0.1) is 24.4 Å². The van der Waals surface area contributed by atoms with Crippen molar-refractivity contribution in [1.29, 1.82) is 0 Å². The normalized spacial score (nSPS) is 32.3. The molecule has 10 atom stereocenters. The van der Waals surface area contributed by atoms with Crippen LogP contribution in [0.1, 0.15) is 81.6 Å². The van der Waals surface area contributed by atoms with Gasteiger partial charge in [-0.2, -0.15) is 0 Å². The molecule has 2 fully saturated rings. The minimum absolute atomic E-state index is 0.130. The summed E-state index contributed by atoms with van der Waals surface area (Å²) < 4.78 is 12.9. The van der Waals surface area contributed by atoms with Gasteiger partial charge in [0.1, 0.15) is 0 Å². The number of rotatable bonds is 7. The molecule has 2 aliphatic heterocycles. The first-order chi connectivity index (χ1) is 21.2. The zero-order chi connectivity index (χ0) is 31.9. The maximum Gasteiger partial charge on any atom is 0.0800 e. The summed E-state index contributed by atoms with van der Waals surface area (Å²) in [4.78, 5) is 0. The van der Waals surface area contributed by atoms with Crippen LogP contribution in [-0.4, -0.2) is 30.2 Å². The molecule has 240 valence electrons. The van der Waals surface area contributed by atoms with Crippen LogP contribution in [0.4, 0.5) is 0 Å². The highest BCUT2D eigenvalue weighted by molar-refractivity contribution is 7.94. The molecule has 5 rings (SSSR count). The highest BCUT2D eigenvalue weighted by atomic mass is 31.2. The van der Waals surface area contributed by atoms with E-state index < -0.39 is 6.89 Å². The Morgan fingerprint density at radius 3 is 1.11 bits per heavy atom. The van der Waals surface area contributed by atoms with Crippen molar-refractivity contribution >= 4 is 28.6 Å². The molecule has 6 unspecified atom stereocenters. The summed E-state index contributed by atoms with van der Waals surface area (Å²) in [5.74, 6) is 6.57. The second-order valence-electron chi connectivity index (χ2n) is 13.6. The van der Waals surface area contributed by atoms with E-state index in [1.165, 1.54) is 15.9 Å². The molecule has 0 bridgehead atoms. The maximum atomic E-state index is 6.82. The zero-order valence-corrected chi connectivity index (χ0v) is 29.8. The fourth-order valence-corrected chi connectivity index (χ4v) is 11.8. The van der Waals surface area contributed by atoms with E-state index in [2.05, 4.69) is 159 Å². The Balaban J connectivity index is 0.000000285. The summed E-state index contributed by atoms with van der Waals surface area (Å²) >= 11 is 0. The van der Waals surface area contributed by atoms with E-state index in [1.54, 1.807) is 0 Å². The summed E-state index contributed by atoms with van der Waals surface area (Å²) in [6, 6.07) is 33.2.